The third-order valence-electron chi connectivity index (χ3n) is 2.98. The van der Waals surface area contributed by atoms with Crippen LogP contribution in [0.15, 0.2) is 12.1 Å². The van der Waals surface area contributed by atoms with Crippen molar-refractivity contribution in [1.82, 2.24) is 0 Å². The minimum absolute atomic E-state index is 0.195. The van der Waals surface area contributed by atoms with E-state index in [4.69, 9.17) is 0 Å². The smallest absolute Gasteiger partial charge is 0.361 e. The summed E-state index contributed by atoms with van der Waals surface area (Å²) in [7, 11) is 0. The Bertz CT molecular complexity index is 554. The van der Waals surface area contributed by atoms with E-state index in [0.29, 0.717) is 18.6 Å². The lowest BCUT2D eigenvalue weighted by Crippen LogP contribution is -2.25. The van der Waals surface area contributed by atoms with Crippen LogP contribution in [0.25, 0.3) is 0 Å². The van der Waals surface area contributed by atoms with Gasteiger partial charge < -0.3 is 4.90 Å². The van der Waals surface area contributed by atoms with E-state index in [9.17, 15) is 33.4 Å². The van der Waals surface area contributed by atoms with Crippen LogP contribution in [0.4, 0.5) is 30.2 Å². The zero-order valence-electron chi connectivity index (χ0n) is 11.9. The Kier molecular flexibility index (Phi) is 5.28. The quantitative estimate of drug-likeness (QED) is 0.588. The van der Waals surface area contributed by atoms with Gasteiger partial charge in [0.2, 0.25) is 0 Å². The molecular formula is C12H14F3N3O4. The van der Waals surface area contributed by atoms with Crippen molar-refractivity contribution < 1.29 is 23.0 Å². The number of nitro benzene ring substituents is 2. The first-order valence-electron chi connectivity index (χ1n) is 6.42. The van der Waals surface area contributed by atoms with Crippen molar-refractivity contribution in [3.8, 4) is 0 Å². The van der Waals surface area contributed by atoms with Gasteiger partial charge in [0.1, 0.15) is 0 Å². The standard InChI is InChI=1S/C12H14F3N3O4/c1-3-5-16(4-2)11-9(17(19)20)6-8(12(13,14)15)7-10(11)18(21)22/h6-7H,3-5H2,1-2H3. The van der Waals surface area contributed by atoms with Crippen molar-refractivity contribution >= 4 is 17.1 Å². The summed E-state index contributed by atoms with van der Waals surface area (Å²) in [5.74, 6) is 0. The molecule has 1 rings (SSSR count). The van der Waals surface area contributed by atoms with Gasteiger partial charge in [0.15, 0.2) is 5.69 Å². The number of benzene rings is 1. The lowest BCUT2D eigenvalue weighted by Gasteiger charge is -2.22. The predicted molar refractivity (Wildman–Crippen MR) is 72.9 cm³/mol. The zero-order chi connectivity index (χ0) is 17.1. The number of alkyl halides is 3. The molecular weight excluding hydrogens is 307 g/mol. The lowest BCUT2D eigenvalue weighted by atomic mass is 10.1. The Balaban J connectivity index is 3.71. The van der Waals surface area contributed by atoms with Crippen molar-refractivity contribution in [3.05, 3.63) is 37.9 Å². The number of anilines is 1. The number of hydrogen-bond acceptors (Lipinski definition) is 5. The van der Waals surface area contributed by atoms with E-state index in [-0.39, 0.29) is 13.1 Å². The van der Waals surface area contributed by atoms with Gasteiger partial charge in [-0.2, -0.15) is 13.2 Å². The Morgan fingerprint density at radius 3 is 1.82 bits per heavy atom. The normalized spacial score (nSPS) is 11.3. The SMILES string of the molecule is CCCN(CC)c1c([N+](=O)[O-])cc(C(F)(F)F)cc1[N+](=O)[O-]. The van der Waals surface area contributed by atoms with Crippen molar-refractivity contribution in [3.63, 3.8) is 0 Å². The molecule has 0 fully saturated rings. The molecule has 0 atom stereocenters. The van der Waals surface area contributed by atoms with Gasteiger partial charge in [-0.05, 0) is 13.3 Å². The number of hydrogen-bond donors (Lipinski definition) is 0. The van der Waals surface area contributed by atoms with Gasteiger partial charge >= 0.3 is 6.18 Å². The highest BCUT2D eigenvalue weighted by atomic mass is 19.4. The zero-order valence-corrected chi connectivity index (χ0v) is 11.9. The first-order chi connectivity index (χ1) is 10.1. The average Bonchev–Trinajstić information content (AvgIpc) is 2.42. The van der Waals surface area contributed by atoms with Gasteiger partial charge in [-0.15, -0.1) is 0 Å². The summed E-state index contributed by atoms with van der Waals surface area (Å²) in [6, 6.07) is 0.668. The molecule has 0 aliphatic heterocycles. The largest absolute Gasteiger partial charge is 0.416 e. The molecule has 0 aromatic heterocycles. The molecule has 0 unspecified atom stereocenters. The number of nitro groups is 2. The van der Waals surface area contributed by atoms with E-state index in [0.717, 1.165) is 0 Å². The van der Waals surface area contributed by atoms with Gasteiger partial charge in [0.05, 0.1) is 15.4 Å². The summed E-state index contributed by atoms with van der Waals surface area (Å²) in [4.78, 5) is 21.4. The monoisotopic (exact) mass is 321 g/mol. The third kappa shape index (κ3) is 3.62. The fourth-order valence-corrected chi connectivity index (χ4v) is 2.07. The molecule has 0 aliphatic rings. The Hall–Kier alpha value is -2.39. The van der Waals surface area contributed by atoms with Crippen LogP contribution in [-0.2, 0) is 6.18 Å². The van der Waals surface area contributed by atoms with Gasteiger partial charge in [0.25, 0.3) is 11.4 Å². The van der Waals surface area contributed by atoms with Crippen LogP contribution >= 0.6 is 0 Å². The molecule has 0 bridgehead atoms. The predicted octanol–water partition coefficient (Wildman–Crippen LogP) is 3.76. The first kappa shape index (κ1) is 17.7. The molecule has 1 aromatic carbocycles. The van der Waals surface area contributed by atoms with Gasteiger partial charge in [-0.25, -0.2) is 0 Å². The molecule has 0 heterocycles. The number of halogens is 3. The van der Waals surface area contributed by atoms with Crippen LogP contribution in [0, 0.1) is 20.2 Å². The second-order valence-electron chi connectivity index (χ2n) is 4.45. The number of rotatable bonds is 6. The summed E-state index contributed by atoms with van der Waals surface area (Å²) >= 11 is 0. The van der Waals surface area contributed by atoms with Crippen LogP contribution in [0.2, 0.25) is 0 Å². The molecule has 1 aromatic rings. The maximum Gasteiger partial charge on any atom is 0.416 e. The molecule has 0 saturated carbocycles. The van der Waals surface area contributed by atoms with Gasteiger partial charge in [0, 0.05) is 25.2 Å². The van der Waals surface area contributed by atoms with Crippen LogP contribution in [0.1, 0.15) is 25.8 Å². The lowest BCUT2D eigenvalue weighted by molar-refractivity contribution is -0.393. The molecule has 10 heteroatoms. The summed E-state index contributed by atoms with van der Waals surface area (Å²) in [5.41, 5.74) is -3.65. The van der Waals surface area contributed by atoms with Crippen LogP contribution in [-0.4, -0.2) is 22.9 Å². The van der Waals surface area contributed by atoms with Crippen LogP contribution < -0.4 is 4.90 Å². The first-order valence-corrected chi connectivity index (χ1v) is 6.42. The minimum atomic E-state index is -4.91. The van der Waals surface area contributed by atoms with E-state index in [1.54, 1.807) is 13.8 Å². The highest BCUT2D eigenvalue weighted by Gasteiger charge is 2.38. The van der Waals surface area contributed by atoms with Crippen LogP contribution in [0.3, 0.4) is 0 Å². The third-order valence-corrected chi connectivity index (χ3v) is 2.98. The van der Waals surface area contributed by atoms with Crippen molar-refractivity contribution in [2.75, 3.05) is 18.0 Å². The maximum absolute atomic E-state index is 12.8. The topological polar surface area (TPSA) is 89.5 Å². The molecule has 0 saturated heterocycles. The molecule has 0 spiro atoms. The molecule has 7 nitrogen and oxygen atoms in total. The maximum atomic E-state index is 12.8. The molecule has 22 heavy (non-hydrogen) atoms. The van der Waals surface area contributed by atoms with E-state index >= 15 is 0 Å². The molecule has 122 valence electrons. The summed E-state index contributed by atoms with van der Waals surface area (Å²) < 4.78 is 38.3. The Morgan fingerprint density at radius 2 is 1.55 bits per heavy atom. The number of nitrogens with zero attached hydrogens (tertiary/aromatic N) is 3. The summed E-state index contributed by atoms with van der Waals surface area (Å²) in [6.07, 6.45) is -4.38. The molecule has 0 amide bonds. The Morgan fingerprint density at radius 1 is 1.09 bits per heavy atom. The highest BCUT2D eigenvalue weighted by Crippen LogP contribution is 2.43. The fraction of sp³-hybridized carbons (Fsp3) is 0.500. The fourth-order valence-electron chi connectivity index (χ4n) is 2.07. The van der Waals surface area contributed by atoms with Crippen molar-refractivity contribution in [2.24, 2.45) is 0 Å². The van der Waals surface area contributed by atoms with E-state index in [2.05, 4.69) is 0 Å². The van der Waals surface area contributed by atoms with Gasteiger partial charge in [-0.1, -0.05) is 6.92 Å². The van der Waals surface area contributed by atoms with Crippen LogP contribution in [0.5, 0.6) is 0 Å². The summed E-state index contributed by atoms with van der Waals surface area (Å²) in [5, 5.41) is 22.2. The van der Waals surface area contributed by atoms with E-state index in [1.807, 2.05) is 0 Å². The molecule has 0 radical (unpaired) electrons. The second kappa shape index (κ2) is 6.58. The van der Waals surface area contributed by atoms with E-state index < -0.39 is 38.6 Å². The molecule has 0 aliphatic carbocycles. The van der Waals surface area contributed by atoms with E-state index in [1.165, 1.54) is 4.90 Å². The summed E-state index contributed by atoms with van der Waals surface area (Å²) in [6.45, 7) is 3.82. The average molecular weight is 321 g/mol. The van der Waals surface area contributed by atoms with Gasteiger partial charge in [-0.3, -0.25) is 20.2 Å². The Labute approximate surface area is 123 Å². The highest BCUT2D eigenvalue weighted by molar-refractivity contribution is 5.76. The van der Waals surface area contributed by atoms with Crippen molar-refractivity contribution in [2.45, 2.75) is 26.4 Å². The molecule has 0 N–H and O–H groups in total. The minimum Gasteiger partial charge on any atom is -0.361 e. The second-order valence-corrected chi connectivity index (χ2v) is 4.45. The van der Waals surface area contributed by atoms with Crippen molar-refractivity contribution in [1.29, 1.82) is 0 Å².